The maximum absolute atomic E-state index is 11.8. The van der Waals surface area contributed by atoms with E-state index >= 15 is 0 Å². The highest BCUT2D eigenvalue weighted by Crippen LogP contribution is 2.40. The lowest BCUT2D eigenvalue weighted by Gasteiger charge is -2.21. The molecule has 0 aromatic carbocycles. The van der Waals surface area contributed by atoms with Crippen LogP contribution in [0.2, 0.25) is 0 Å². The second kappa shape index (κ2) is 4.25. The van der Waals surface area contributed by atoms with Gasteiger partial charge in [0.25, 0.3) is 0 Å². The zero-order valence-corrected chi connectivity index (χ0v) is 9.37. The summed E-state index contributed by atoms with van der Waals surface area (Å²) in [5, 5.41) is 0. The molecule has 2 bridgehead atoms. The van der Waals surface area contributed by atoms with Crippen molar-refractivity contribution in [3.8, 4) is 0 Å². The van der Waals surface area contributed by atoms with Crippen molar-refractivity contribution in [2.24, 2.45) is 0 Å². The predicted octanol–water partition coefficient (Wildman–Crippen LogP) is 2.72. The summed E-state index contributed by atoms with van der Waals surface area (Å²) in [6.07, 6.45) is 5.06. The zero-order chi connectivity index (χ0) is 10.8. The maximum atomic E-state index is 11.8. The second-order valence-electron chi connectivity index (χ2n) is 4.48. The van der Waals surface area contributed by atoms with E-state index in [0.717, 1.165) is 32.1 Å². The van der Waals surface area contributed by atoms with E-state index < -0.39 is 0 Å². The Bertz CT molecular complexity index is 275. The average molecular weight is 209 g/mol. The molecule has 0 aliphatic carbocycles. The van der Waals surface area contributed by atoms with Gasteiger partial charge < -0.3 is 4.74 Å². The highest BCUT2D eigenvalue weighted by Gasteiger charge is 2.45. The monoisotopic (exact) mass is 209 g/mol. The fourth-order valence-corrected chi connectivity index (χ4v) is 2.58. The van der Waals surface area contributed by atoms with Crippen LogP contribution in [0.25, 0.3) is 0 Å². The van der Waals surface area contributed by atoms with E-state index in [0.29, 0.717) is 12.6 Å². The third-order valence-corrected chi connectivity index (χ3v) is 3.41. The molecule has 2 heterocycles. The first-order valence-electron chi connectivity index (χ1n) is 5.86. The van der Waals surface area contributed by atoms with Crippen molar-refractivity contribution in [2.45, 2.75) is 51.1 Å². The van der Waals surface area contributed by atoms with Gasteiger partial charge in [-0.15, -0.1) is 0 Å². The Morgan fingerprint density at radius 3 is 2.93 bits per heavy atom. The van der Waals surface area contributed by atoms with E-state index in [1.807, 2.05) is 4.90 Å². The van der Waals surface area contributed by atoms with Crippen LogP contribution in [0.5, 0.6) is 0 Å². The van der Waals surface area contributed by atoms with Crippen LogP contribution in [0, 0.1) is 0 Å². The average Bonchev–Trinajstić information content (AvgIpc) is 2.74. The molecular weight excluding hydrogens is 190 g/mol. The van der Waals surface area contributed by atoms with Gasteiger partial charge in [0, 0.05) is 6.04 Å². The third-order valence-electron chi connectivity index (χ3n) is 3.41. The molecule has 0 saturated carbocycles. The molecule has 84 valence electrons. The van der Waals surface area contributed by atoms with Gasteiger partial charge in [-0.3, -0.25) is 4.90 Å². The van der Waals surface area contributed by atoms with Crippen molar-refractivity contribution >= 4 is 6.09 Å². The molecule has 2 unspecified atom stereocenters. The van der Waals surface area contributed by atoms with Crippen LogP contribution in [0.15, 0.2) is 12.2 Å². The van der Waals surface area contributed by atoms with E-state index in [4.69, 9.17) is 4.74 Å². The summed E-state index contributed by atoms with van der Waals surface area (Å²) in [7, 11) is 0. The molecule has 2 rings (SSSR count). The molecule has 0 aromatic rings. The lowest BCUT2D eigenvalue weighted by atomic mass is 9.97. The number of nitrogens with zero attached hydrogens (tertiary/aromatic N) is 1. The largest absolute Gasteiger partial charge is 0.449 e. The summed E-state index contributed by atoms with van der Waals surface area (Å²) in [4.78, 5) is 13.7. The summed E-state index contributed by atoms with van der Waals surface area (Å²) < 4.78 is 5.24. The zero-order valence-electron chi connectivity index (χ0n) is 9.37. The molecule has 3 heteroatoms. The third kappa shape index (κ3) is 1.87. The molecule has 0 N–H and O–H groups in total. The van der Waals surface area contributed by atoms with Crippen molar-refractivity contribution in [1.29, 1.82) is 0 Å². The van der Waals surface area contributed by atoms with Gasteiger partial charge in [0.1, 0.15) is 0 Å². The molecule has 2 atom stereocenters. The van der Waals surface area contributed by atoms with Gasteiger partial charge in [-0.05, 0) is 25.7 Å². The summed E-state index contributed by atoms with van der Waals surface area (Å²) >= 11 is 0. The van der Waals surface area contributed by atoms with E-state index in [9.17, 15) is 4.79 Å². The first kappa shape index (κ1) is 10.5. The van der Waals surface area contributed by atoms with Crippen molar-refractivity contribution in [1.82, 2.24) is 4.90 Å². The van der Waals surface area contributed by atoms with Gasteiger partial charge in [0.2, 0.25) is 0 Å². The summed E-state index contributed by atoms with van der Waals surface area (Å²) in [5.74, 6) is 0. The molecule has 0 spiro atoms. The Hall–Kier alpha value is -0.990. The quantitative estimate of drug-likeness (QED) is 0.528. The minimum absolute atomic E-state index is 0.130. The first-order chi connectivity index (χ1) is 7.24. The summed E-state index contributed by atoms with van der Waals surface area (Å²) in [5.41, 5.74) is 1.21. The van der Waals surface area contributed by atoms with Crippen molar-refractivity contribution in [3.05, 3.63) is 12.2 Å². The van der Waals surface area contributed by atoms with Crippen LogP contribution in [0.4, 0.5) is 4.79 Å². The fourth-order valence-electron chi connectivity index (χ4n) is 2.58. The predicted molar refractivity (Wildman–Crippen MR) is 58.7 cm³/mol. The van der Waals surface area contributed by atoms with Gasteiger partial charge in [0.05, 0.1) is 12.6 Å². The molecular formula is C12H19NO2. The number of carbonyl (C=O) groups excluding carboxylic acids is 1. The minimum atomic E-state index is -0.130. The minimum Gasteiger partial charge on any atom is -0.449 e. The fraction of sp³-hybridized carbons (Fsp3) is 0.750. The Labute approximate surface area is 91.1 Å². The van der Waals surface area contributed by atoms with E-state index in [1.54, 1.807) is 0 Å². The number of rotatable bonds is 3. The van der Waals surface area contributed by atoms with Crippen LogP contribution in [0.1, 0.15) is 39.0 Å². The SMILES string of the molecule is C=C1CC2CCC1N2C(=O)OCCCC. The molecule has 3 nitrogen and oxygen atoms in total. The normalized spacial score (nSPS) is 28.6. The van der Waals surface area contributed by atoms with Crippen LogP contribution in [-0.4, -0.2) is 29.7 Å². The van der Waals surface area contributed by atoms with E-state index in [-0.39, 0.29) is 12.1 Å². The molecule has 0 aromatic heterocycles. The number of hydrogen-bond acceptors (Lipinski definition) is 2. The van der Waals surface area contributed by atoms with Gasteiger partial charge in [-0.2, -0.15) is 0 Å². The molecule has 2 fully saturated rings. The molecule has 2 aliphatic heterocycles. The summed E-state index contributed by atoms with van der Waals surface area (Å²) in [6.45, 7) is 6.66. The van der Waals surface area contributed by atoms with Crippen molar-refractivity contribution < 1.29 is 9.53 Å². The number of hydrogen-bond donors (Lipinski definition) is 0. The topological polar surface area (TPSA) is 29.5 Å². The Morgan fingerprint density at radius 2 is 2.40 bits per heavy atom. The first-order valence-corrected chi connectivity index (χ1v) is 5.86. The molecule has 2 saturated heterocycles. The van der Waals surface area contributed by atoms with Gasteiger partial charge in [0.15, 0.2) is 0 Å². The van der Waals surface area contributed by atoms with Crippen LogP contribution in [-0.2, 0) is 4.74 Å². The van der Waals surface area contributed by atoms with Gasteiger partial charge >= 0.3 is 6.09 Å². The number of carbonyl (C=O) groups is 1. The highest BCUT2D eigenvalue weighted by atomic mass is 16.6. The molecule has 0 radical (unpaired) electrons. The van der Waals surface area contributed by atoms with Gasteiger partial charge in [-0.1, -0.05) is 25.5 Å². The number of ether oxygens (including phenoxy) is 1. The smallest absolute Gasteiger partial charge is 0.410 e. The number of amides is 1. The lowest BCUT2D eigenvalue weighted by Crippen LogP contribution is -2.36. The number of unbranched alkanes of at least 4 members (excludes halogenated alkanes) is 1. The Morgan fingerprint density at radius 1 is 1.60 bits per heavy atom. The molecule has 2 aliphatic rings. The Kier molecular flexibility index (Phi) is 2.98. The van der Waals surface area contributed by atoms with E-state index in [2.05, 4.69) is 13.5 Å². The second-order valence-corrected chi connectivity index (χ2v) is 4.48. The van der Waals surface area contributed by atoms with E-state index in [1.165, 1.54) is 5.57 Å². The number of fused-ring (bicyclic) bond motifs is 2. The van der Waals surface area contributed by atoms with Crippen molar-refractivity contribution in [2.75, 3.05) is 6.61 Å². The van der Waals surface area contributed by atoms with Crippen LogP contribution < -0.4 is 0 Å². The lowest BCUT2D eigenvalue weighted by molar-refractivity contribution is 0.0969. The van der Waals surface area contributed by atoms with Crippen LogP contribution in [0.3, 0.4) is 0 Å². The van der Waals surface area contributed by atoms with Gasteiger partial charge in [-0.25, -0.2) is 4.79 Å². The Balaban J connectivity index is 1.88. The maximum Gasteiger partial charge on any atom is 0.410 e. The highest BCUT2D eigenvalue weighted by molar-refractivity contribution is 5.70. The van der Waals surface area contributed by atoms with Crippen molar-refractivity contribution in [3.63, 3.8) is 0 Å². The standard InChI is InChI=1S/C12H19NO2/c1-3-4-7-15-12(14)13-10-5-6-11(13)9(2)8-10/h10-11H,2-8H2,1H3. The molecule has 1 amide bonds. The summed E-state index contributed by atoms with van der Waals surface area (Å²) in [6, 6.07) is 0.640. The van der Waals surface area contributed by atoms with Crippen LogP contribution >= 0.6 is 0 Å². The molecule has 15 heavy (non-hydrogen) atoms.